The summed E-state index contributed by atoms with van der Waals surface area (Å²) in [4.78, 5) is 14.7. The number of nitrogens with zero attached hydrogens (tertiary/aromatic N) is 2. The molecule has 0 heterocycles. The van der Waals surface area contributed by atoms with Crippen LogP contribution in [0.2, 0.25) is 0 Å². The number of amides is 1. The van der Waals surface area contributed by atoms with Crippen molar-refractivity contribution < 1.29 is 13.2 Å². The number of benzene rings is 3. The molecule has 0 spiro atoms. The predicted octanol–water partition coefficient (Wildman–Crippen LogP) is 4.10. The third kappa shape index (κ3) is 5.95. The second kappa shape index (κ2) is 10.6. The third-order valence-corrected chi connectivity index (χ3v) is 6.25. The third-order valence-electron chi connectivity index (χ3n) is 4.85. The summed E-state index contributed by atoms with van der Waals surface area (Å²) in [6.45, 7) is 6.09. The lowest BCUT2D eigenvalue weighted by Crippen LogP contribution is -2.21. The van der Waals surface area contributed by atoms with Gasteiger partial charge in [-0.2, -0.15) is 5.10 Å². The Hall–Kier alpha value is -3.65. The molecular weight excluding hydrogens is 424 g/mol. The first-order chi connectivity index (χ1) is 15.4. The molecular formula is C24H26N4O3S. The van der Waals surface area contributed by atoms with Gasteiger partial charge in [-0.15, -0.1) is 0 Å². The quantitative estimate of drug-likeness (QED) is 0.379. The van der Waals surface area contributed by atoms with Crippen LogP contribution in [0, 0.1) is 0 Å². The summed E-state index contributed by atoms with van der Waals surface area (Å²) in [6, 6.07) is 22.1. The fraction of sp³-hybridized carbons (Fsp3) is 0.167. The maximum absolute atomic E-state index is 12.4. The van der Waals surface area contributed by atoms with E-state index in [1.165, 1.54) is 36.4 Å². The SMILES string of the molecule is CCN(CC)c1ccc(/C=N\NC(=O)c2ccc(NS(=O)(=O)c3ccccc3)cc2)cc1. The van der Waals surface area contributed by atoms with E-state index < -0.39 is 15.9 Å². The van der Waals surface area contributed by atoms with Gasteiger partial charge in [0.15, 0.2) is 0 Å². The minimum absolute atomic E-state index is 0.168. The van der Waals surface area contributed by atoms with Gasteiger partial charge in [0.05, 0.1) is 11.1 Å². The number of sulfonamides is 1. The van der Waals surface area contributed by atoms with Crippen LogP contribution in [0.3, 0.4) is 0 Å². The number of nitrogens with one attached hydrogen (secondary N) is 2. The van der Waals surface area contributed by atoms with Crippen molar-refractivity contribution >= 4 is 33.5 Å². The first-order valence-electron chi connectivity index (χ1n) is 10.3. The minimum atomic E-state index is -3.68. The molecule has 3 aromatic carbocycles. The lowest BCUT2D eigenvalue weighted by Gasteiger charge is -2.20. The topological polar surface area (TPSA) is 90.9 Å². The Morgan fingerprint density at radius 1 is 0.906 bits per heavy atom. The number of hydrogen-bond donors (Lipinski definition) is 2. The average Bonchev–Trinajstić information content (AvgIpc) is 2.81. The lowest BCUT2D eigenvalue weighted by molar-refractivity contribution is 0.0955. The van der Waals surface area contributed by atoms with Crippen LogP contribution in [0.15, 0.2) is 88.9 Å². The summed E-state index contributed by atoms with van der Waals surface area (Å²) in [5, 5.41) is 4.00. The normalized spacial score (nSPS) is 11.3. The van der Waals surface area contributed by atoms with Gasteiger partial charge in [-0.25, -0.2) is 13.8 Å². The minimum Gasteiger partial charge on any atom is -0.372 e. The maximum atomic E-state index is 12.4. The van der Waals surface area contributed by atoms with Crippen LogP contribution in [-0.2, 0) is 10.0 Å². The Kier molecular flexibility index (Phi) is 7.62. The van der Waals surface area contributed by atoms with Crippen molar-refractivity contribution in [1.29, 1.82) is 0 Å². The Labute approximate surface area is 188 Å². The smallest absolute Gasteiger partial charge is 0.271 e. The predicted molar refractivity (Wildman–Crippen MR) is 129 cm³/mol. The molecule has 0 aliphatic heterocycles. The van der Waals surface area contributed by atoms with Crippen molar-refractivity contribution in [2.45, 2.75) is 18.7 Å². The van der Waals surface area contributed by atoms with Crippen LogP contribution in [0.25, 0.3) is 0 Å². The number of hydrazone groups is 1. The first kappa shape index (κ1) is 23.0. The molecule has 8 heteroatoms. The highest BCUT2D eigenvalue weighted by Gasteiger charge is 2.13. The van der Waals surface area contributed by atoms with E-state index in [9.17, 15) is 13.2 Å². The van der Waals surface area contributed by atoms with Crippen LogP contribution in [0.1, 0.15) is 29.8 Å². The van der Waals surface area contributed by atoms with E-state index in [1.807, 2.05) is 24.3 Å². The summed E-state index contributed by atoms with van der Waals surface area (Å²) in [6.07, 6.45) is 1.58. The molecule has 3 aromatic rings. The molecule has 0 aromatic heterocycles. The van der Waals surface area contributed by atoms with Crippen molar-refractivity contribution in [3.8, 4) is 0 Å². The maximum Gasteiger partial charge on any atom is 0.271 e. The molecule has 0 aliphatic carbocycles. The molecule has 0 unspecified atom stereocenters. The van der Waals surface area contributed by atoms with Crippen molar-refractivity contribution in [2.75, 3.05) is 22.7 Å². The van der Waals surface area contributed by atoms with E-state index in [0.29, 0.717) is 11.3 Å². The van der Waals surface area contributed by atoms with Gasteiger partial charge in [0, 0.05) is 30.0 Å². The number of anilines is 2. The number of carbonyl (C=O) groups is 1. The highest BCUT2D eigenvalue weighted by atomic mass is 32.2. The van der Waals surface area contributed by atoms with Gasteiger partial charge in [0.1, 0.15) is 0 Å². The van der Waals surface area contributed by atoms with Gasteiger partial charge in [-0.1, -0.05) is 30.3 Å². The van der Waals surface area contributed by atoms with Gasteiger partial charge in [-0.3, -0.25) is 9.52 Å². The fourth-order valence-electron chi connectivity index (χ4n) is 3.09. The summed E-state index contributed by atoms with van der Waals surface area (Å²) >= 11 is 0. The van der Waals surface area contributed by atoms with E-state index in [0.717, 1.165) is 24.3 Å². The fourth-order valence-corrected chi connectivity index (χ4v) is 4.17. The van der Waals surface area contributed by atoms with E-state index >= 15 is 0 Å². The highest BCUT2D eigenvalue weighted by Crippen LogP contribution is 2.17. The summed E-state index contributed by atoms with van der Waals surface area (Å²) in [5.74, 6) is -0.390. The van der Waals surface area contributed by atoms with Gasteiger partial charge in [0.25, 0.3) is 15.9 Å². The van der Waals surface area contributed by atoms with Crippen LogP contribution in [0.4, 0.5) is 11.4 Å². The summed E-state index contributed by atoms with van der Waals surface area (Å²) in [7, 11) is -3.68. The molecule has 166 valence electrons. The largest absolute Gasteiger partial charge is 0.372 e. The molecule has 0 radical (unpaired) electrons. The van der Waals surface area contributed by atoms with E-state index in [4.69, 9.17) is 0 Å². The van der Waals surface area contributed by atoms with Crippen LogP contribution >= 0.6 is 0 Å². The molecule has 1 amide bonds. The number of carbonyl (C=O) groups excluding carboxylic acids is 1. The molecule has 0 bridgehead atoms. The van der Waals surface area contributed by atoms with Gasteiger partial charge < -0.3 is 4.90 Å². The number of rotatable bonds is 9. The molecule has 0 aliphatic rings. The van der Waals surface area contributed by atoms with Crippen molar-refractivity contribution in [1.82, 2.24) is 5.43 Å². The molecule has 3 rings (SSSR count). The summed E-state index contributed by atoms with van der Waals surface area (Å²) < 4.78 is 27.2. The zero-order valence-corrected chi connectivity index (χ0v) is 18.8. The Balaban J connectivity index is 1.58. The Morgan fingerprint density at radius 2 is 1.53 bits per heavy atom. The molecule has 32 heavy (non-hydrogen) atoms. The van der Waals surface area contributed by atoms with E-state index in [-0.39, 0.29) is 4.90 Å². The summed E-state index contributed by atoms with van der Waals surface area (Å²) in [5.41, 5.74) is 5.21. The van der Waals surface area contributed by atoms with Gasteiger partial charge >= 0.3 is 0 Å². The van der Waals surface area contributed by atoms with Crippen LogP contribution in [0.5, 0.6) is 0 Å². The molecule has 2 N–H and O–H groups in total. The first-order valence-corrected chi connectivity index (χ1v) is 11.8. The van der Waals surface area contributed by atoms with Crippen molar-refractivity contribution in [3.05, 3.63) is 90.0 Å². The monoisotopic (exact) mass is 450 g/mol. The zero-order chi connectivity index (χ0) is 23.0. The van der Waals surface area contributed by atoms with Crippen molar-refractivity contribution in [2.24, 2.45) is 5.10 Å². The van der Waals surface area contributed by atoms with E-state index in [1.54, 1.807) is 24.4 Å². The Morgan fingerprint density at radius 3 is 2.12 bits per heavy atom. The van der Waals surface area contributed by atoms with Crippen LogP contribution < -0.4 is 15.0 Å². The molecule has 0 atom stereocenters. The van der Waals surface area contributed by atoms with Gasteiger partial charge in [-0.05, 0) is 67.9 Å². The molecule has 0 fully saturated rings. The zero-order valence-electron chi connectivity index (χ0n) is 18.0. The second-order valence-electron chi connectivity index (χ2n) is 6.96. The van der Waals surface area contributed by atoms with Crippen molar-refractivity contribution in [3.63, 3.8) is 0 Å². The molecule has 7 nitrogen and oxygen atoms in total. The Bertz CT molecular complexity index is 1160. The number of hydrogen-bond acceptors (Lipinski definition) is 5. The standard InChI is InChI=1S/C24H26N4O3S/c1-3-28(4-2)22-16-10-19(11-17-22)18-25-26-24(29)20-12-14-21(15-13-20)27-32(30,31)23-8-6-5-7-9-23/h5-18,27H,3-4H2,1-2H3,(H,26,29)/b25-18-. The highest BCUT2D eigenvalue weighted by molar-refractivity contribution is 7.92. The molecule has 0 saturated carbocycles. The second-order valence-corrected chi connectivity index (χ2v) is 8.64. The van der Waals surface area contributed by atoms with E-state index in [2.05, 4.69) is 34.0 Å². The lowest BCUT2D eigenvalue weighted by atomic mass is 10.2. The molecule has 0 saturated heterocycles. The average molecular weight is 451 g/mol. The van der Waals surface area contributed by atoms with Crippen LogP contribution in [-0.4, -0.2) is 33.6 Å². The van der Waals surface area contributed by atoms with Gasteiger partial charge in [0.2, 0.25) is 0 Å².